The standard InChI is InChI=1S/C12H8BrFN6O6/c13-9-10(19(23)24)17-18(12(9)20(25)26)5-8(21)15-16-11(22)6-3-1-2-4-7(6)14/h1-4H,5H2,(H,15,21)(H,16,22). The number of nitrogens with one attached hydrogen (secondary N) is 2. The summed E-state index contributed by atoms with van der Waals surface area (Å²) in [4.78, 5) is 43.4. The van der Waals surface area contributed by atoms with Crippen molar-refractivity contribution < 1.29 is 23.8 Å². The first-order chi connectivity index (χ1) is 12.2. The molecular formula is C12H8BrFN6O6. The van der Waals surface area contributed by atoms with Crippen molar-refractivity contribution in [2.75, 3.05) is 0 Å². The van der Waals surface area contributed by atoms with Crippen molar-refractivity contribution in [2.24, 2.45) is 0 Å². The molecule has 0 saturated carbocycles. The lowest BCUT2D eigenvalue weighted by Gasteiger charge is -2.06. The van der Waals surface area contributed by atoms with E-state index in [0.29, 0.717) is 4.68 Å². The van der Waals surface area contributed by atoms with Gasteiger partial charge in [0.15, 0.2) is 5.10 Å². The fourth-order valence-electron chi connectivity index (χ4n) is 1.83. The molecule has 0 aliphatic carbocycles. The third-order valence-electron chi connectivity index (χ3n) is 2.93. The number of aromatic nitrogens is 2. The van der Waals surface area contributed by atoms with Crippen LogP contribution in [-0.2, 0) is 11.3 Å². The molecule has 1 aromatic carbocycles. The van der Waals surface area contributed by atoms with Gasteiger partial charge in [-0.05, 0) is 42.6 Å². The molecule has 14 heteroatoms. The van der Waals surface area contributed by atoms with Crippen molar-refractivity contribution in [1.29, 1.82) is 0 Å². The number of amides is 2. The van der Waals surface area contributed by atoms with Gasteiger partial charge >= 0.3 is 11.6 Å². The molecule has 0 saturated heterocycles. The van der Waals surface area contributed by atoms with Crippen LogP contribution in [0.5, 0.6) is 0 Å². The fourth-order valence-corrected chi connectivity index (χ4v) is 2.41. The van der Waals surface area contributed by atoms with Crippen LogP contribution in [0, 0.1) is 26.0 Å². The van der Waals surface area contributed by atoms with Crippen LogP contribution in [-0.4, -0.2) is 31.4 Å². The number of carbonyl (C=O) groups is 2. The van der Waals surface area contributed by atoms with Gasteiger partial charge in [-0.15, -0.1) is 0 Å². The van der Waals surface area contributed by atoms with Crippen LogP contribution in [0.25, 0.3) is 0 Å². The summed E-state index contributed by atoms with van der Waals surface area (Å²) in [6.45, 7) is -0.805. The third-order valence-corrected chi connectivity index (χ3v) is 3.64. The average molecular weight is 431 g/mol. The second kappa shape index (κ2) is 7.64. The lowest BCUT2D eigenvalue weighted by molar-refractivity contribution is -0.396. The highest BCUT2D eigenvalue weighted by Gasteiger charge is 2.36. The summed E-state index contributed by atoms with van der Waals surface area (Å²) in [6.07, 6.45) is 0. The first-order valence-corrected chi connectivity index (χ1v) is 7.40. The molecular weight excluding hydrogens is 423 g/mol. The summed E-state index contributed by atoms with van der Waals surface area (Å²) in [6, 6.07) is 4.99. The molecule has 26 heavy (non-hydrogen) atoms. The number of hydrogen-bond acceptors (Lipinski definition) is 7. The molecule has 1 heterocycles. The Labute approximate surface area is 151 Å². The second-order valence-corrected chi connectivity index (χ2v) is 5.41. The highest BCUT2D eigenvalue weighted by molar-refractivity contribution is 9.10. The van der Waals surface area contributed by atoms with Crippen LogP contribution in [0.4, 0.5) is 16.0 Å². The summed E-state index contributed by atoms with van der Waals surface area (Å²) in [5, 5.41) is 25.1. The Kier molecular flexibility index (Phi) is 5.56. The Bertz CT molecular complexity index is 916. The fraction of sp³-hybridized carbons (Fsp3) is 0.0833. The maximum Gasteiger partial charge on any atom is 0.434 e. The molecule has 0 spiro atoms. The maximum atomic E-state index is 13.4. The predicted molar refractivity (Wildman–Crippen MR) is 85.2 cm³/mol. The van der Waals surface area contributed by atoms with Gasteiger partial charge in [-0.1, -0.05) is 12.1 Å². The van der Waals surface area contributed by atoms with Crippen molar-refractivity contribution >= 4 is 39.4 Å². The molecule has 136 valence electrons. The number of nitrogens with zero attached hydrogens (tertiary/aromatic N) is 4. The molecule has 0 unspecified atom stereocenters. The number of nitro groups is 2. The van der Waals surface area contributed by atoms with Crippen LogP contribution < -0.4 is 10.9 Å². The molecule has 2 amide bonds. The Morgan fingerprint density at radius 3 is 2.42 bits per heavy atom. The third kappa shape index (κ3) is 3.97. The van der Waals surface area contributed by atoms with Crippen LogP contribution in [0.3, 0.4) is 0 Å². The molecule has 12 nitrogen and oxygen atoms in total. The molecule has 0 bridgehead atoms. The number of rotatable bonds is 5. The van der Waals surface area contributed by atoms with E-state index in [0.717, 1.165) is 6.07 Å². The van der Waals surface area contributed by atoms with E-state index in [1.165, 1.54) is 18.2 Å². The number of halogens is 2. The zero-order valence-corrected chi connectivity index (χ0v) is 14.1. The van der Waals surface area contributed by atoms with Gasteiger partial charge < -0.3 is 20.2 Å². The van der Waals surface area contributed by atoms with Gasteiger partial charge in [0.25, 0.3) is 11.8 Å². The zero-order valence-electron chi connectivity index (χ0n) is 12.5. The highest BCUT2D eigenvalue weighted by atomic mass is 79.9. The van der Waals surface area contributed by atoms with E-state index in [1.54, 1.807) is 0 Å². The number of benzene rings is 1. The minimum atomic E-state index is -0.984. The lowest BCUT2D eigenvalue weighted by atomic mass is 10.2. The maximum absolute atomic E-state index is 13.4. The Hall–Kier alpha value is -3.42. The predicted octanol–water partition coefficient (Wildman–Crippen LogP) is 1.06. The van der Waals surface area contributed by atoms with Crippen molar-refractivity contribution in [3.8, 4) is 0 Å². The Balaban J connectivity index is 2.10. The number of hydrazine groups is 1. The summed E-state index contributed by atoms with van der Waals surface area (Å²) in [5.41, 5.74) is 3.49. The van der Waals surface area contributed by atoms with Crippen molar-refractivity contribution in [3.05, 3.63) is 60.3 Å². The Morgan fingerprint density at radius 2 is 1.85 bits per heavy atom. The Morgan fingerprint density at radius 1 is 1.19 bits per heavy atom. The first kappa shape index (κ1) is 18.9. The van der Waals surface area contributed by atoms with E-state index < -0.39 is 50.1 Å². The lowest BCUT2D eigenvalue weighted by Crippen LogP contribution is -2.43. The van der Waals surface area contributed by atoms with E-state index in [4.69, 9.17) is 0 Å². The number of hydrogen-bond donors (Lipinski definition) is 2. The van der Waals surface area contributed by atoms with Gasteiger partial charge in [-0.3, -0.25) is 20.4 Å². The molecule has 2 aromatic rings. The van der Waals surface area contributed by atoms with Crippen molar-refractivity contribution in [2.45, 2.75) is 6.54 Å². The first-order valence-electron chi connectivity index (χ1n) is 6.61. The van der Waals surface area contributed by atoms with Crippen molar-refractivity contribution in [1.82, 2.24) is 20.6 Å². The van der Waals surface area contributed by atoms with E-state index in [9.17, 15) is 34.2 Å². The SMILES string of the molecule is O=C(Cn1nc([N+](=O)[O-])c(Br)c1[N+](=O)[O-])NNC(=O)c1ccccc1F. The van der Waals surface area contributed by atoms with Crippen LogP contribution in [0.2, 0.25) is 0 Å². The van der Waals surface area contributed by atoms with Gasteiger partial charge in [-0.25, -0.2) is 4.39 Å². The van der Waals surface area contributed by atoms with Gasteiger partial charge in [0.2, 0.25) is 11.0 Å². The average Bonchev–Trinajstić information content (AvgIpc) is 2.89. The molecule has 0 fully saturated rings. The second-order valence-electron chi connectivity index (χ2n) is 4.62. The summed E-state index contributed by atoms with van der Waals surface area (Å²) in [5.74, 6) is -4.42. The van der Waals surface area contributed by atoms with Crippen molar-refractivity contribution in [3.63, 3.8) is 0 Å². The van der Waals surface area contributed by atoms with E-state index >= 15 is 0 Å². The quantitative estimate of drug-likeness (QED) is 0.528. The summed E-state index contributed by atoms with van der Waals surface area (Å²) < 4.78 is 13.4. The van der Waals surface area contributed by atoms with Crippen LogP contribution in [0.15, 0.2) is 28.7 Å². The molecule has 1 aromatic heterocycles. The minimum absolute atomic E-state index is 0.337. The normalized spacial score (nSPS) is 10.2. The summed E-state index contributed by atoms with van der Waals surface area (Å²) in [7, 11) is 0. The zero-order chi connectivity index (χ0) is 19.4. The van der Waals surface area contributed by atoms with Gasteiger partial charge in [-0.2, -0.15) is 0 Å². The molecule has 0 atom stereocenters. The van der Waals surface area contributed by atoms with Gasteiger partial charge in [0, 0.05) is 0 Å². The van der Waals surface area contributed by atoms with E-state index in [1.807, 2.05) is 10.9 Å². The van der Waals surface area contributed by atoms with Crippen LogP contribution in [0.1, 0.15) is 10.4 Å². The van der Waals surface area contributed by atoms with Gasteiger partial charge in [0.05, 0.1) is 5.56 Å². The molecule has 0 aliphatic rings. The monoisotopic (exact) mass is 430 g/mol. The highest BCUT2D eigenvalue weighted by Crippen LogP contribution is 2.33. The minimum Gasteiger partial charge on any atom is -0.358 e. The van der Waals surface area contributed by atoms with E-state index in [-0.39, 0.29) is 5.56 Å². The summed E-state index contributed by atoms with van der Waals surface area (Å²) >= 11 is 2.68. The molecule has 0 radical (unpaired) electrons. The molecule has 2 rings (SSSR count). The smallest absolute Gasteiger partial charge is 0.358 e. The molecule has 0 aliphatic heterocycles. The van der Waals surface area contributed by atoms with Gasteiger partial charge in [0.1, 0.15) is 5.82 Å². The molecule has 2 N–H and O–H groups in total. The number of carbonyl (C=O) groups excluding carboxylic acids is 2. The topological polar surface area (TPSA) is 162 Å². The van der Waals surface area contributed by atoms with Crippen LogP contribution >= 0.6 is 15.9 Å². The van der Waals surface area contributed by atoms with E-state index in [2.05, 4.69) is 21.0 Å². The largest absolute Gasteiger partial charge is 0.434 e.